The third-order valence-corrected chi connectivity index (χ3v) is 5.36. The zero-order valence-corrected chi connectivity index (χ0v) is 17.7. The fourth-order valence-electron chi connectivity index (χ4n) is 3.72. The van der Waals surface area contributed by atoms with Crippen molar-refractivity contribution in [3.05, 3.63) is 83.7 Å². The van der Waals surface area contributed by atoms with Crippen molar-refractivity contribution in [2.75, 3.05) is 35.2 Å². The van der Waals surface area contributed by atoms with E-state index in [1.54, 1.807) is 30.3 Å². The Hall–Kier alpha value is -3.87. The summed E-state index contributed by atoms with van der Waals surface area (Å²) in [4.78, 5) is 27.4. The predicted molar refractivity (Wildman–Crippen MR) is 123 cm³/mol. The molecule has 0 aromatic heterocycles. The van der Waals surface area contributed by atoms with Gasteiger partial charge in [0.25, 0.3) is 11.8 Å². The van der Waals surface area contributed by atoms with Crippen LogP contribution >= 0.6 is 0 Å². The first-order valence-corrected chi connectivity index (χ1v) is 10.5. The Balaban J connectivity index is 1.42. The maximum absolute atomic E-state index is 13.7. The Morgan fingerprint density at radius 2 is 1.81 bits per heavy atom. The molecular weight excluding hydrogens is 409 g/mol. The molecule has 0 bridgehead atoms. The number of amides is 2. The average molecular weight is 433 g/mol. The van der Waals surface area contributed by atoms with Crippen LogP contribution in [0.15, 0.2) is 66.7 Å². The van der Waals surface area contributed by atoms with E-state index in [-0.39, 0.29) is 24.0 Å². The Morgan fingerprint density at radius 3 is 2.62 bits per heavy atom. The minimum absolute atomic E-state index is 0.0739. The summed E-state index contributed by atoms with van der Waals surface area (Å²) < 4.78 is 19.3. The fourth-order valence-corrected chi connectivity index (χ4v) is 3.72. The first-order valence-electron chi connectivity index (χ1n) is 10.5. The fraction of sp³-hybridized carbons (Fsp3) is 0.200. The number of nitrogens with zero attached hydrogens (tertiary/aromatic N) is 1. The number of anilines is 3. The minimum atomic E-state index is -0.531. The van der Waals surface area contributed by atoms with Crippen molar-refractivity contribution < 1.29 is 18.7 Å². The smallest absolute Gasteiger partial charge is 0.262 e. The quantitative estimate of drug-likeness (QED) is 0.577. The lowest BCUT2D eigenvalue weighted by Gasteiger charge is -2.17. The van der Waals surface area contributed by atoms with E-state index in [0.29, 0.717) is 11.3 Å². The molecule has 0 atom stereocenters. The molecule has 2 amide bonds. The Labute approximate surface area is 186 Å². The summed E-state index contributed by atoms with van der Waals surface area (Å²) >= 11 is 0. The van der Waals surface area contributed by atoms with Crippen LogP contribution in [0.2, 0.25) is 0 Å². The molecule has 0 unspecified atom stereocenters. The Kier molecular flexibility index (Phi) is 6.35. The van der Waals surface area contributed by atoms with Crippen LogP contribution in [0.5, 0.6) is 5.75 Å². The van der Waals surface area contributed by atoms with Crippen molar-refractivity contribution >= 4 is 28.9 Å². The molecule has 3 aromatic rings. The number of fused-ring (bicyclic) bond motifs is 1. The summed E-state index contributed by atoms with van der Waals surface area (Å²) in [5.74, 6) is -1.12. The van der Waals surface area contributed by atoms with E-state index in [1.807, 2.05) is 18.2 Å². The second kappa shape index (κ2) is 9.51. The highest BCUT2D eigenvalue weighted by atomic mass is 19.1. The number of ether oxygens (including phenoxy) is 1. The van der Waals surface area contributed by atoms with Gasteiger partial charge in [0.05, 0.1) is 11.3 Å². The molecule has 0 spiro atoms. The zero-order valence-electron chi connectivity index (χ0n) is 17.7. The molecule has 1 aliphatic rings. The third-order valence-electron chi connectivity index (χ3n) is 5.36. The van der Waals surface area contributed by atoms with Gasteiger partial charge in [-0.1, -0.05) is 30.3 Å². The monoisotopic (exact) mass is 433 g/mol. The highest BCUT2D eigenvalue weighted by Crippen LogP contribution is 2.31. The van der Waals surface area contributed by atoms with E-state index in [4.69, 9.17) is 4.74 Å². The number of nitrogens with one attached hydrogen (secondary N) is 2. The molecule has 0 saturated heterocycles. The molecule has 1 aliphatic heterocycles. The summed E-state index contributed by atoms with van der Waals surface area (Å²) in [5, 5.41) is 5.37. The van der Waals surface area contributed by atoms with Crippen LogP contribution < -0.4 is 20.3 Å². The van der Waals surface area contributed by atoms with Gasteiger partial charge in [-0.2, -0.15) is 0 Å². The Morgan fingerprint density at radius 1 is 1.03 bits per heavy atom. The van der Waals surface area contributed by atoms with Crippen LogP contribution in [0.25, 0.3) is 0 Å². The van der Waals surface area contributed by atoms with Gasteiger partial charge in [0.1, 0.15) is 11.6 Å². The van der Waals surface area contributed by atoms with Gasteiger partial charge in [0.2, 0.25) is 0 Å². The van der Waals surface area contributed by atoms with Gasteiger partial charge in [-0.15, -0.1) is 0 Å². The molecule has 2 N–H and O–H groups in total. The molecule has 164 valence electrons. The number of halogens is 1. The summed E-state index contributed by atoms with van der Waals surface area (Å²) in [6.07, 6.45) is 1.00. The highest BCUT2D eigenvalue weighted by molar-refractivity contribution is 6.06. The van der Waals surface area contributed by atoms with Gasteiger partial charge in [-0.05, 0) is 55.3 Å². The zero-order chi connectivity index (χ0) is 22.5. The number of carbonyl (C=O) groups is 2. The van der Waals surface area contributed by atoms with Crippen LogP contribution in [-0.2, 0) is 11.2 Å². The number of rotatable bonds is 7. The van der Waals surface area contributed by atoms with Crippen LogP contribution in [0.1, 0.15) is 22.8 Å². The van der Waals surface area contributed by atoms with Crippen molar-refractivity contribution in [2.24, 2.45) is 0 Å². The number of hydrogen-bond donors (Lipinski definition) is 2. The molecular formula is C25H24FN3O3. The Bertz CT molecular complexity index is 1150. The van der Waals surface area contributed by atoms with Crippen LogP contribution in [0, 0.1) is 5.82 Å². The van der Waals surface area contributed by atoms with Crippen LogP contribution in [0.4, 0.5) is 21.5 Å². The van der Waals surface area contributed by atoms with E-state index in [0.717, 1.165) is 25.2 Å². The van der Waals surface area contributed by atoms with E-state index in [1.165, 1.54) is 23.8 Å². The molecule has 0 saturated carbocycles. The lowest BCUT2D eigenvalue weighted by atomic mass is 10.1. The summed E-state index contributed by atoms with van der Waals surface area (Å²) in [5.41, 5.74) is 3.49. The lowest BCUT2D eigenvalue weighted by molar-refractivity contribution is -0.118. The van der Waals surface area contributed by atoms with E-state index < -0.39 is 11.7 Å². The van der Waals surface area contributed by atoms with Crippen molar-refractivity contribution in [1.29, 1.82) is 0 Å². The van der Waals surface area contributed by atoms with Crippen molar-refractivity contribution in [1.82, 2.24) is 0 Å². The van der Waals surface area contributed by atoms with Gasteiger partial charge in [-0.25, -0.2) is 4.39 Å². The third kappa shape index (κ3) is 4.72. The minimum Gasteiger partial charge on any atom is -0.483 e. The molecule has 3 aromatic carbocycles. The van der Waals surface area contributed by atoms with Crippen LogP contribution in [0.3, 0.4) is 0 Å². The summed E-state index contributed by atoms with van der Waals surface area (Å²) in [7, 11) is 0. The molecule has 1 heterocycles. The van der Waals surface area contributed by atoms with Crippen molar-refractivity contribution in [2.45, 2.75) is 13.3 Å². The SMILES string of the molecule is CCN1CCc2ccc(NC(=O)c3ccccc3OCC(=O)Nc3ccccc3F)cc21. The number of carbonyl (C=O) groups excluding carboxylic acids is 2. The lowest BCUT2D eigenvalue weighted by Crippen LogP contribution is -2.22. The maximum Gasteiger partial charge on any atom is 0.262 e. The highest BCUT2D eigenvalue weighted by Gasteiger charge is 2.19. The molecule has 4 rings (SSSR count). The average Bonchev–Trinajstić information content (AvgIpc) is 3.22. The number of likely N-dealkylation sites (N-methyl/N-ethyl adjacent to an activating group) is 1. The molecule has 0 radical (unpaired) electrons. The number of benzene rings is 3. The van der Waals surface area contributed by atoms with Gasteiger partial charge < -0.3 is 20.3 Å². The topological polar surface area (TPSA) is 70.7 Å². The maximum atomic E-state index is 13.7. The van der Waals surface area contributed by atoms with E-state index in [9.17, 15) is 14.0 Å². The molecule has 32 heavy (non-hydrogen) atoms. The second-order valence-electron chi connectivity index (χ2n) is 7.44. The predicted octanol–water partition coefficient (Wildman–Crippen LogP) is 4.48. The molecule has 6 nitrogen and oxygen atoms in total. The largest absolute Gasteiger partial charge is 0.483 e. The van der Waals surface area contributed by atoms with Crippen molar-refractivity contribution in [3.63, 3.8) is 0 Å². The molecule has 0 fully saturated rings. The number of hydrogen-bond acceptors (Lipinski definition) is 4. The van der Waals surface area contributed by atoms with Gasteiger partial charge in [0.15, 0.2) is 6.61 Å². The standard InChI is InChI=1S/C25H24FN3O3/c1-2-29-14-13-17-11-12-18(15-22(17)29)27-25(31)19-7-3-6-10-23(19)32-16-24(30)28-21-9-5-4-8-20(21)26/h3-12,15H,2,13-14,16H2,1H3,(H,27,31)(H,28,30). The summed E-state index contributed by atoms with van der Waals surface area (Å²) in [6.45, 7) is 3.64. The molecule has 7 heteroatoms. The molecule has 0 aliphatic carbocycles. The summed E-state index contributed by atoms with van der Waals surface area (Å²) in [6, 6.07) is 18.5. The first-order chi connectivity index (χ1) is 15.5. The normalized spacial score (nSPS) is 12.2. The van der Waals surface area contributed by atoms with E-state index in [2.05, 4.69) is 22.5 Å². The van der Waals surface area contributed by atoms with Crippen molar-refractivity contribution in [3.8, 4) is 5.75 Å². The van der Waals surface area contributed by atoms with Gasteiger partial charge in [0, 0.05) is 24.5 Å². The van der Waals surface area contributed by atoms with Gasteiger partial charge >= 0.3 is 0 Å². The number of para-hydroxylation sites is 2. The van der Waals surface area contributed by atoms with E-state index >= 15 is 0 Å². The second-order valence-corrected chi connectivity index (χ2v) is 7.44. The first kappa shape index (κ1) is 21.4. The van der Waals surface area contributed by atoms with Gasteiger partial charge in [-0.3, -0.25) is 9.59 Å². The van der Waals surface area contributed by atoms with Crippen LogP contribution in [-0.4, -0.2) is 31.5 Å².